The lowest BCUT2D eigenvalue weighted by Crippen LogP contribution is -2.21. The van der Waals surface area contributed by atoms with Gasteiger partial charge >= 0.3 is 5.97 Å². The fourth-order valence-corrected chi connectivity index (χ4v) is 1.07. The van der Waals surface area contributed by atoms with Crippen LogP contribution in [-0.2, 0) is 19.0 Å². The summed E-state index contributed by atoms with van der Waals surface area (Å²) in [6, 6.07) is 0. The third-order valence-corrected chi connectivity index (χ3v) is 1.93. The topological polar surface area (TPSA) is 65.0 Å². The zero-order valence-electron chi connectivity index (χ0n) is 10.5. The van der Waals surface area contributed by atoms with E-state index >= 15 is 0 Å². The molecule has 0 aliphatic heterocycles. The molecule has 0 radical (unpaired) electrons. The monoisotopic (exact) mass is 244 g/mol. The van der Waals surface area contributed by atoms with Crippen LogP contribution < -0.4 is 0 Å². The van der Waals surface area contributed by atoms with Gasteiger partial charge in [-0.1, -0.05) is 12.7 Å². The molecule has 0 aromatic carbocycles. The van der Waals surface area contributed by atoms with E-state index in [0.29, 0.717) is 18.6 Å². The van der Waals surface area contributed by atoms with Crippen molar-refractivity contribution in [2.24, 2.45) is 0 Å². The molecule has 0 bridgehead atoms. The zero-order valence-corrected chi connectivity index (χ0v) is 10.5. The minimum atomic E-state index is -0.915. The largest absolute Gasteiger partial charge is 0.478 e. The summed E-state index contributed by atoms with van der Waals surface area (Å²) in [6.45, 7) is 8.83. The number of ether oxygens (including phenoxy) is 3. The molecule has 2 atom stereocenters. The summed E-state index contributed by atoms with van der Waals surface area (Å²) in [4.78, 5) is 10.5. The third-order valence-electron chi connectivity index (χ3n) is 1.93. The maximum Gasteiger partial charge on any atom is 0.330 e. The standard InChI is InChI=1S/C12H20O5/c1-5-15-10(3)17-11(4)16-8-6-7-9(2)12(13)14/h5,7,10-11H,1,6,8H2,2-4H3,(H,13,14)/b9-7+. The highest BCUT2D eigenvalue weighted by Gasteiger charge is 2.07. The molecular formula is C12H20O5. The van der Waals surface area contributed by atoms with Crippen molar-refractivity contribution in [3.63, 3.8) is 0 Å². The van der Waals surface area contributed by atoms with Gasteiger partial charge in [0.1, 0.15) is 0 Å². The van der Waals surface area contributed by atoms with Crippen LogP contribution in [0, 0.1) is 0 Å². The van der Waals surface area contributed by atoms with Crippen LogP contribution in [0.15, 0.2) is 24.5 Å². The average molecular weight is 244 g/mol. The van der Waals surface area contributed by atoms with Gasteiger partial charge in [-0.3, -0.25) is 0 Å². The summed E-state index contributed by atoms with van der Waals surface area (Å²) in [5.41, 5.74) is 0.311. The Bertz CT molecular complexity index is 272. The van der Waals surface area contributed by atoms with Crippen LogP contribution in [0.3, 0.4) is 0 Å². The average Bonchev–Trinajstić information content (AvgIpc) is 2.24. The fourth-order valence-electron chi connectivity index (χ4n) is 1.07. The first-order chi connectivity index (χ1) is 7.97. The zero-order chi connectivity index (χ0) is 13.3. The van der Waals surface area contributed by atoms with Gasteiger partial charge in [0.05, 0.1) is 12.9 Å². The molecule has 17 heavy (non-hydrogen) atoms. The molecule has 0 heterocycles. The van der Waals surface area contributed by atoms with Crippen molar-refractivity contribution < 1.29 is 24.1 Å². The van der Waals surface area contributed by atoms with E-state index in [2.05, 4.69) is 6.58 Å². The Hall–Kier alpha value is -1.33. The van der Waals surface area contributed by atoms with Crippen LogP contribution in [0.25, 0.3) is 0 Å². The minimum Gasteiger partial charge on any atom is -0.478 e. The Kier molecular flexibility index (Phi) is 8.09. The molecule has 0 saturated heterocycles. The van der Waals surface area contributed by atoms with Gasteiger partial charge in [-0.2, -0.15) is 0 Å². The van der Waals surface area contributed by atoms with E-state index in [0.717, 1.165) is 0 Å². The molecule has 5 nitrogen and oxygen atoms in total. The lowest BCUT2D eigenvalue weighted by molar-refractivity contribution is -0.214. The van der Waals surface area contributed by atoms with Crippen LogP contribution in [0.4, 0.5) is 0 Å². The summed E-state index contributed by atoms with van der Waals surface area (Å²) >= 11 is 0. The van der Waals surface area contributed by atoms with Gasteiger partial charge in [0.15, 0.2) is 12.6 Å². The molecular weight excluding hydrogens is 224 g/mol. The van der Waals surface area contributed by atoms with E-state index in [9.17, 15) is 4.79 Å². The van der Waals surface area contributed by atoms with Gasteiger partial charge in [0, 0.05) is 5.57 Å². The van der Waals surface area contributed by atoms with Crippen molar-refractivity contribution in [3.8, 4) is 0 Å². The number of hydrogen-bond donors (Lipinski definition) is 1. The van der Waals surface area contributed by atoms with E-state index in [4.69, 9.17) is 19.3 Å². The van der Waals surface area contributed by atoms with Crippen LogP contribution in [0.5, 0.6) is 0 Å². The second-order valence-corrected chi connectivity index (χ2v) is 3.43. The summed E-state index contributed by atoms with van der Waals surface area (Å²) in [5, 5.41) is 8.61. The maximum atomic E-state index is 10.5. The van der Waals surface area contributed by atoms with Crippen molar-refractivity contribution in [2.45, 2.75) is 39.8 Å². The smallest absolute Gasteiger partial charge is 0.330 e. The number of aliphatic carboxylic acids is 1. The van der Waals surface area contributed by atoms with Gasteiger partial charge in [-0.25, -0.2) is 4.79 Å². The van der Waals surface area contributed by atoms with E-state index in [1.807, 2.05) is 0 Å². The van der Waals surface area contributed by atoms with E-state index in [1.54, 1.807) is 26.8 Å². The highest BCUT2D eigenvalue weighted by Crippen LogP contribution is 2.03. The first-order valence-corrected chi connectivity index (χ1v) is 5.40. The number of carboxylic acids is 1. The first-order valence-electron chi connectivity index (χ1n) is 5.40. The molecule has 0 rings (SSSR count). The Balaban J connectivity index is 3.71. The molecule has 2 unspecified atom stereocenters. The predicted octanol–water partition coefficient (Wildman–Crippen LogP) is 2.29. The van der Waals surface area contributed by atoms with Gasteiger partial charge in [0.25, 0.3) is 0 Å². The molecule has 1 N–H and O–H groups in total. The van der Waals surface area contributed by atoms with Crippen molar-refractivity contribution >= 4 is 5.97 Å². The highest BCUT2D eigenvalue weighted by molar-refractivity contribution is 5.85. The normalized spacial score (nSPS) is 15.1. The molecule has 0 spiro atoms. The number of rotatable bonds is 9. The Labute approximate surface area is 102 Å². The van der Waals surface area contributed by atoms with Crippen molar-refractivity contribution in [3.05, 3.63) is 24.5 Å². The summed E-state index contributed by atoms with van der Waals surface area (Å²) in [6.07, 6.45) is 2.61. The summed E-state index contributed by atoms with van der Waals surface area (Å²) in [7, 11) is 0. The molecule has 98 valence electrons. The van der Waals surface area contributed by atoms with E-state index in [1.165, 1.54) is 6.26 Å². The Morgan fingerprint density at radius 1 is 1.41 bits per heavy atom. The summed E-state index contributed by atoms with van der Waals surface area (Å²) in [5.74, 6) is -0.915. The number of hydrogen-bond acceptors (Lipinski definition) is 4. The quantitative estimate of drug-likeness (QED) is 0.292. The van der Waals surface area contributed by atoms with Crippen LogP contribution >= 0.6 is 0 Å². The number of carboxylic acid groups (broad SMARTS) is 1. The van der Waals surface area contributed by atoms with Gasteiger partial charge < -0.3 is 19.3 Å². The van der Waals surface area contributed by atoms with Crippen molar-refractivity contribution in [1.82, 2.24) is 0 Å². The van der Waals surface area contributed by atoms with Crippen LogP contribution in [0.2, 0.25) is 0 Å². The lowest BCUT2D eigenvalue weighted by Gasteiger charge is -2.18. The molecule has 0 aliphatic rings. The predicted molar refractivity (Wildman–Crippen MR) is 63.3 cm³/mol. The SMILES string of the molecule is C=COC(C)OC(C)OCC/C=C(\C)C(=O)O. The molecule has 0 aromatic rings. The molecule has 0 amide bonds. The lowest BCUT2D eigenvalue weighted by atomic mass is 10.2. The van der Waals surface area contributed by atoms with Gasteiger partial charge in [-0.15, -0.1) is 0 Å². The van der Waals surface area contributed by atoms with Gasteiger partial charge in [-0.05, 0) is 27.2 Å². The Morgan fingerprint density at radius 3 is 2.59 bits per heavy atom. The third kappa shape index (κ3) is 8.47. The molecule has 0 fully saturated rings. The molecule has 0 aromatic heterocycles. The van der Waals surface area contributed by atoms with Gasteiger partial charge in [0.2, 0.25) is 0 Å². The van der Waals surface area contributed by atoms with Crippen molar-refractivity contribution in [1.29, 1.82) is 0 Å². The molecule has 5 heteroatoms. The molecule has 0 saturated carbocycles. The maximum absolute atomic E-state index is 10.5. The number of carbonyl (C=O) groups is 1. The minimum absolute atomic E-state index is 0.311. The fraction of sp³-hybridized carbons (Fsp3) is 0.583. The first kappa shape index (κ1) is 15.7. The highest BCUT2D eigenvalue weighted by atomic mass is 16.8. The van der Waals surface area contributed by atoms with E-state index in [-0.39, 0.29) is 0 Å². The Morgan fingerprint density at radius 2 is 2.06 bits per heavy atom. The second kappa shape index (κ2) is 8.78. The van der Waals surface area contributed by atoms with Crippen LogP contribution in [0.1, 0.15) is 27.2 Å². The van der Waals surface area contributed by atoms with Crippen LogP contribution in [-0.4, -0.2) is 30.3 Å². The van der Waals surface area contributed by atoms with E-state index < -0.39 is 18.5 Å². The summed E-state index contributed by atoms with van der Waals surface area (Å²) < 4.78 is 15.6. The second-order valence-electron chi connectivity index (χ2n) is 3.43. The van der Waals surface area contributed by atoms with Crippen molar-refractivity contribution in [2.75, 3.05) is 6.61 Å². The molecule has 0 aliphatic carbocycles.